The number of carbonyl (C=O) groups excluding carboxylic acids is 2. The Morgan fingerprint density at radius 3 is 2.31 bits per heavy atom. The van der Waals surface area contributed by atoms with Gasteiger partial charge in [-0.05, 0) is 52.3 Å². The Balaban J connectivity index is 1.65. The summed E-state index contributed by atoms with van der Waals surface area (Å²) >= 11 is 0. The Bertz CT molecular complexity index is 1320. The molecule has 0 spiro atoms. The van der Waals surface area contributed by atoms with Gasteiger partial charge in [-0.1, -0.05) is 74.0 Å². The number of aryl methyl sites for hydroxylation is 1. The van der Waals surface area contributed by atoms with Gasteiger partial charge in [0.15, 0.2) is 5.96 Å². The first-order valence-electron chi connectivity index (χ1n) is 13.2. The molecule has 7 N–H and O–H groups in total. The minimum atomic E-state index is -1.04. The number of hydrogen-bond donors (Lipinski definition) is 5. The van der Waals surface area contributed by atoms with Crippen molar-refractivity contribution in [2.75, 3.05) is 13.1 Å². The van der Waals surface area contributed by atoms with Gasteiger partial charge in [0.1, 0.15) is 0 Å². The molecule has 0 unspecified atom stereocenters. The Morgan fingerprint density at radius 1 is 0.923 bits per heavy atom. The highest BCUT2D eigenvalue weighted by Crippen LogP contribution is 2.32. The molecule has 3 aromatic rings. The molecular weight excluding hydrogens is 494 g/mol. The Morgan fingerprint density at radius 2 is 1.64 bits per heavy atom. The first-order valence-corrected chi connectivity index (χ1v) is 13.2. The number of amides is 2. The van der Waals surface area contributed by atoms with Crippen LogP contribution in [0.3, 0.4) is 0 Å². The van der Waals surface area contributed by atoms with Crippen molar-refractivity contribution in [2.45, 2.75) is 51.5 Å². The number of nitrogens with one attached hydrogen (secondary N) is 2. The quantitative estimate of drug-likeness (QED) is 0.121. The van der Waals surface area contributed by atoms with Gasteiger partial charge in [-0.25, -0.2) is 0 Å². The smallest absolute Gasteiger partial charge is 0.305 e. The molecule has 3 rings (SSSR count). The number of rotatable bonds is 14. The lowest BCUT2D eigenvalue weighted by Crippen LogP contribution is -2.39. The molecule has 206 valence electrons. The van der Waals surface area contributed by atoms with E-state index in [2.05, 4.69) is 46.8 Å². The monoisotopic (exact) mass is 531 g/mol. The van der Waals surface area contributed by atoms with E-state index in [1.54, 1.807) is 0 Å². The van der Waals surface area contributed by atoms with Crippen LogP contribution in [-0.2, 0) is 20.8 Å². The van der Waals surface area contributed by atoms with Gasteiger partial charge in [-0.15, -0.1) is 0 Å². The zero-order chi connectivity index (χ0) is 28.2. The molecule has 0 aliphatic heterocycles. The van der Waals surface area contributed by atoms with Crippen molar-refractivity contribution in [3.63, 3.8) is 0 Å². The lowest BCUT2D eigenvalue weighted by atomic mass is 9.92. The lowest BCUT2D eigenvalue weighted by molar-refractivity contribution is -0.138. The van der Waals surface area contributed by atoms with Crippen LogP contribution in [0.1, 0.15) is 56.2 Å². The minimum Gasteiger partial charge on any atom is -0.481 e. The normalized spacial score (nSPS) is 11.5. The maximum absolute atomic E-state index is 12.5. The van der Waals surface area contributed by atoms with Gasteiger partial charge in [0.25, 0.3) is 0 Å². The van der Waals surface area contributed by atoms with Gasteiger partial charge in [-0.3, -0.25) is 19.4 Å². The highest BCUT2D eigenvalue weighted by molar-refractivity contribution is 5.98. The number of benzene rings is 3. The van der Waals surface area contributed by atoms with Crippen molar-refractivity contribution in [2.24, 2.45) is 16.5 Å². The van der Waals surface area contributed by atoms with Gasteiger partial charge >= 0.3 is 5.97 Å². The Labute approximate surface area is 228 Å². The number of guanidine groups is 1. The second-order valence-electron chi connectivity index (χ2n) is 9.45. The second kappa shape index (κ2) is 14.5. The van der Waals surface area contributed by atoms with Crippen molar-refractivity contribution in [3.8, 4) is 11.1 Å². The molecule has 0 saturated heterocycles. The third-order valence-corrected chi connectivity index (χ3v) is 6.42. The topological polar surface area (TPSA) is 160 Å². The molecule has 2 amide bonds. The molecule has 3 aromatic carbocycles. The molecule has 9 nitrogen and oxygen atoms in total. The van der Waals surface area contributed by atoms with Gasteiger partial charge in [0.2, 0.25) is 11.8 Å². The molecule has 9 heteroatoms. The molecule has 1 atom stereocenters. The average Bonchev–Trinajstić information content (AvgIpc) is 2.91. The van der Waals surface area contributed by atoms with Gasteiger partial charge in [0.05, 0.1) is 19.0 Å². The minimum absolute atomic E-state index is 0.0104. The first-order chi connectivity index (χ1) is 18.8. The molecule has 0 bridgehead atoms. The van der Waals surface area contributed by atoms with Crippen molar-refractivity contribution in [3.05, 3.63) is 71.8 Å². The number of fused-ring (bicyclic) bond motifs is 1. The number of nitrogens with two attached hydrogens (primary N) is 2. The summed E-state index contributed by atoms with van der Waals surface area (Å²) in [6.45, 7) is 2.37. The number of aliphatic imine (C=N–C) groups is 1. The fourth-order valence-corrected chi connectivity index (χ4v) is 4.54. The maximum atomic E-state index is 12.5. The predicted molar refractivity (Wildman–Crippen MR) is 154 cm³/mol. The van der Waals surface area contributed by atoms with Crippen LogP contribution in [0.15, 0.2) is 65.7 Å². The van der Waals surface area contributed by atoms with Crippen LogP contribution in [0.4, 0.5) is 0 Å². The van der Waals surface area contributed by atoms with Crippen LogP contribution in [0, 0.1) is 0 Å². The summed E-state index contributed by atoms with van der Waals surface area (Å²) in [6.07, 6.45) is 3.26. The van der Waals surface area contributed by atoms with Crippen molar-refractivity contribution in [1.29, 1.82) is 0 Å². The van der Waals surface area contributed by atoms with E-state index >= 15 is 0 Å². The van der Waals surface area contributed by atoms with Gasteiger partial charge in [-0.2, -0.15) is 0 Å². The molecule has 0 heterocycles. The summed E-state index contributed by atoms with van der Waals surface area (Å²) in [5.41, 5.74) is 14.6. The van der Waals surface area contributed by atoms with E-state index in [0.29, 0.717) is 24.9 Å². The second-order valence-corrected chi connectivity index (χ2v) is 9.45. The van der Waals surface area contributed by atoms with Crippen molar-refractivity contribution >= 4 is 34.5 Å². The molecule has 0 aromatic heterocycles. The number of unbranched alkanes of at least 4 members (excludes halogenated alkanes) is 1. The zero-order valence-corrected chi connectivity index (χ0v) is 22.3. The van der Waals surface area contributed by atoms with Gasteiger partial charge < -0.3 is 27.2 Å². The number of aliphatic carboxylic acids is 1. The van der Waals surface area contributed by atoms with E-state index in [9.17, 15) is 19.5 Å². The zero-order valence-electron chi connectivity index (χ0n) is 22.3. The van der Waals surface area contributed by atoms with Gasteiger partial charge in [0, 0.05) is 13.0 Å². The largest absolute Gasteiger partial charge is 0.481 e. The Hall–Kier alpha value is -4.40. The molecule has 0 radical (unpaired) electrons. The molecule has 0 aliphatic carbocycles. The number of carboxylic acids is 1. The predicted octanol–water partition coefficient (Wildman–Crippen LogP) is 3.65. The molecule has 0 fully saturated rings. The van der Waals surface area contributed by atoms with Crippen LogP contribution < -0.4 is 22.1 Å². The van der Waals surface area contributed by atoms with E-state index in [4.69, 9.17) is 11.5 Å². The summed E-state index contributed by atoms with van der Waals surface area (Å²) < 4.78 is 0. The summed E-state index contributed by atoms with van der Waals surface area (Å²) in [4.78, 5) is 39.9. The number of nitrogens with zero attached hydrogens (tertiary/aromatic N) is 1. The number of carbonyl (C=O) groups is 3. The van der Waals surface area contributed by atoms with Crippen LogP contribution in [0.25, 0.3) is 21.9 Å². The molecule has 39 heavy (non-hydrogen) atoms. The summed E-state index contributed by atoms with van der Waals surface area (Å²) in [7, 11) is 0. The van der Waals surface area contributed by atoms with E-state index in [0.717, 1.165) is 24.0 Å². The van der Waals surface area contributed by atoms with Crippen LogP contribution in [-0.4, -0.2) is 41.9 Å². The molecule has 0 saturated carbocycles. The average molecular weight is 532 g/mol. The summed E-state index contributed by atoms with van der Waals surface area (Å²) in [6, 6.07) is 19.5. The van der Waals surface area contributed by atoms with E-state index < -0.39 is 17.9 Å². The van der Waals surface area contributed by atoms with Crippen LogP contribution in [0.5, 0.6) is 0 Å². The third kappa shape index (κ3) is 8.84. The highest BCUT2D eigenvalue weighted by Gasteiger charge is 2.19. The molecular formula is C30H37N5O4. The van der Waals surface area contributed by atoms with E-state index in [1.807, 2.05) is 36.4 Å². The standard InChI is InChI=1S/C30H37N5O4/c1-2-7-20-15-16-24(25-9-4-3-8-23(20)25)21-11-13-22(14-12-21)26(18-29(38)39)35-28(37)19-34-27(36)10-5-6-17-33-30(31)32/h3-4,8-9,11-16,26H,2,5-7,10,17-19H2,1H3,(H,34,36)(H,35,37)(H,38,39)(H4,31,32,33)/t26-/m0/s1. The third-order valence-electron chi connectivity index (χ3n) is 6.42. The fourth-order valence-electron chi connectivity index (χ4n) is 4.54. The van der Waals surface area contributed by atoms with Crippen LogP contribution >= 0.6 is 0 Å². The van der Waals surface area contributed by atoms with Crippen molar-refractivity contribution in [1.82, 2.24) is 10.6 Å². The SMILES string of the molecule is CCCc1ccc(-c2ccc([C@H](CC(=O)O)NC(=O)CNC(=O)CCCCN=C(N)N)cc2)c2ccccc12. The summed E-state index contributed by atoms with van der Waals surface area (Å²) in [5.74, 6) is -1.76. The lowest BCUT2D eigenvalue weighted by Gasteiger charge is -2.18. The number of carboxylic acid groups (broad SMARTS) is 1. The molecule has 0 aliphatic rings. The van der Waals surface area contributed by atoms with E-state index in [-0.39, 0.29) is 31.3 Å². The number of hydrogen-bond acceptors (Lipinski definition) is 4. The summed E-state index contributed by atoms with van der Waals surface area (Å²) in [5, 5.41) is 17.1. The van der Waals surface area contributed by atoms with E-state index in [1.165, 1.54) is 16.3 Å². The highest BCUT2D eigenvalue weighted by atomic mass is 16.4. The van der Waals surface area contributed by atoms with Crippen molar-refractivity contribution < 1.29 is 19.5 Å². The fraction of sp³-hybridized carbons (Fsp3) is 0.333. The Kier molecular flexibility index (Phi) is 10.9. The first kappa shape index (κ1) is 29.2. The van der Waals surface area contributed by atoms with Crippen LogP contribution in [0.2, 0.25) is 0 Å². The maximum Gasteiger partial charge on any atom is 0.305 e.